The molecule has 18 heavy (non-hydrogen) atoms. The molecule has 2 nitrogen and oxygen atoms in total. The summed E-state index contributed by atoms with van der Waals surface area (Å²) in [6.07, 6.45) is 0.975. The van der Waals surface area contributed by atoms with Gasteiger partial charge in [0.2, 0.25) is 0 Å². The molecule has 0 saturated heterocycles. The van der Waals surface area contributed by atoms with Crippen LogP contribution in [-0.2, 0) is 6.42 Å². The Labute approximate surface area is 109 Å². The zero-order valence-corrected chi connectivity index (χ0v) is 10.8. The maximum absolute atomic E-state index is 5.92. The van der Waals surface area contributed by atoms with Crippen LogP contribution in [0.25, 0.3) is 0 Å². The van der Waals surface area contributed by atoms with Crippen LogP contribution in [0.5, 0.6) is 0 Å². The molecule has 2 aromatic carbocycles. The van der Waals surface area contributed by atoms with Gasteiger partial charge in [-0.25, -0.2) is 0 Å². The third-order valence-electron chi connectivity index (χ3n) is 3.30. The Morgan fingerprint density at radius 2 is 1.50 bits per heavy atom. The first-order chi connectivity index (χ1) is 8.81. The van der Waals surface area contributed by atoms with Crippen LogP contribution in [0.4, 0.5) is 5.69 Å². The molecule has 2 rings (SSSR count). The summed E-state index contributed by atoms with van der Waals surface area (Å²) in [7, 11) is 2.11. The maximum Gasteiger partial charge on any atom is 0.0449 e. The van der Waals surface area contributed by atoms with Gasteiger partial charge in [-0.3, -0.25) is 0 Å². The molecule has 1 atom stereocenters. The SMILES string of the molecule is CN(c1ccccc1)C(CN)Cc1ccccc1. The van der Waals surface area contributed by atoms with Crippen molar-refractivity contribution in [1.82, 2.24) is 0 Å². The number of likely N-dealkylation sites (N-methyl/N-ethyl adjacent to an activating group) is 1. The van der Waals surface area contributed by atoms with Gasteiger partial charge in [-0.05, 0) is 24.1 Å². The lowest BCUT2D eigenvalue weighted by Crippen LogP contribution is -2.39. The Hall–Kier alpha value is -1.80. The van der Waals surface area contributed by atoms with Gasteiger partial charge in [0.05, 0.1) is 0 Å². The van der Waals surface area contributed by atoms with Gasteiger partial charge in [0.1, 0.15) is 0 Å². The summed E-state index contributed by atoms with van der Waals surface area (Å²) in [4.78, 5) is 2.26. The predicted molar refractivity (Wildman–Crippen MR) is 77.8 cm³/mol. The molecule has 0 saturated carbocycles. The summed E-state index contributed by atoms with van der Waals surface area (Å²) in [6.45, 7) is 0.653. The van der Waals surface area contributed by atoms with Crippen molar-refractivity contribution in [2.24, 2.45) is 5.73 Å². The number of anilines is 1. The van der Waals surface area contributed by atoms with E-state index in [9.17, 15) is 0 Å². The van der Waals surface area contributed by atoms with E-state index in [2.05, 4.69) is 60.5 Å². The zero-order valence-electron chi connectivity index (χ0n) is 10.8. The number of para-hydroxylation sites is 1. The second-order valence-corrected chi connectivity index (χ2v) is 4.53. The Kier molecular flexibility index (Phi) is 4.37. The average Bonchev–Trinajstić information content (AvgIpc) is 2.46. The van der Waals surface area contributed by atoms with Crippen LogP contribution in [0.2, 0.25) is 0 Å². The molecular formula is C16H20N2. The van der Waals surface area contributed by atoms with Crippen molar-refractivity contribution in [2.75, 3.05) is 18.5 Å². The molecule has 0 aliphatic rings. The van der Waals surface area contributed by atoms with Crippen LogP contribution in [0.3, 0.4) is 0 Å². The van der Waals surface area contributed by atoms with Crippen molar-refractivity contribution >= 4 is 5.69 Å². The van der Waals surface area contributed by atoms with Crippen molar-refractivity contribution in [3.05, 3.63) is 66.2 Å². The minimum Gasteiger partial charge on any atom is -0.370 e. The molecule has 1 unspecified atom stereocenters. The minimum absolute atomic E-state index is 0.329. The number of rotatable bonds is 5. The summed E-state index contributed by atoms with van der Waals surface area (Å²) in [5, 5.41) is 0. The summed E-state index contributed by atoms with van der Waals surface area (Å²) in [5.41, 5.74) is 8.46. The van der Waals surface area contributed by atoms with Crippen LogP contribution in [-0.4, -0.2) is 19.6 Å². The van der Waals surface area contributed by atoms with E-state index >= 15 is 0 Å². The predicted octanol–water partition coefficient (Wildman–Crippen LogP) is 2.69. The van der Waals surface area contributed by atoms with Crippen molar-refractivity contribution in [3.63, 3.8) is 0 Å². The lowest BCUT2D eigenvalue weighted by atomic mass is 10.0. The van der Waals surface area contributed by atoms with Crippen LogP contribution in [0.1, 0.15) is 5.56 Å². The lowest BCUT2D eigenvalue weighted by Gasteiger charge is -2.29. The minimum atomic E-state index is 0.329. The topological polar surface area (TPSA) is 29.3 Å². The third-order valence-corrected chi connectivity index (χ3v) is 3.30. The Morgan fingerprint density at radius 3 is 2.06 bits per heavy atom. The Bertz CT molecular complexity index is 453. The first-order valence-electron chi connectivity index (χ1n) is 6.33. The highest BCUT2D eigenvalue weighted by molar-refractivity contribution is 5.46. The van der Waals surface area contributed by atoms with Gasteiger partial charge in [0, 0.05) is 25.3 Å². The molecule has 0 heterocycles. The van der Waals surface area contributed by atoms with E-state index in [0.717, 1.165) is 6.42 Å². The monoisotopic (exact) mass is 240 g/mol. The van der Waals surface area contributed by atoms with E-state index in [-0.39, 0.29) is 0 Å². The van der Waals surface area contributed by atoms with Crippen molar-refractivity contribution in [3.8, 4) is 0 Å². The van der Waals surface area contributed by atoms with E-state index < -0.39 is 0 Å². The van der Waals surface area contributed by atoms with Crippen LogP contribution >= 0.6 is 0 Å². The quantitative estimate of drug-likeness (QED) is 0.870. The smallest absolute Gasteiger partial charge is 0.0449 e. The van der Waals surface area contributed by atoms with Gasteiger partial charge in [0.25, 0.3) is 0 Å². The molecule has 94 valence electrons. The molecule has 0 aliphatic heterocycles. The van der Waals surface area contributed by atoms with Gasteiger partial charge in [0.15, 0.2) is 0 Å². The number of hydrogen-bond donors (Lipinski definition) is 1. The molecular weight excluding hydrogens is 220 g/mol. The molecule has 2 heteroatoms. The first kappa shape index (κ1) is 12.7. The average molecular weight is 240 g/mol. The Morgan fingerprint density at radius 1 is 0.944 bits per heavy atom. The summed E-state index contributed by atoms with van der Waals surface area (Å²) >= 11 is 0. The maximum atomic E-state index is 5.92. The molecule has 0 aromatic heterocycles. The summed E-state index contributed by atoms with van der Waals surface area (Å²) in [5.74, 6) is 0. The van der Waals surface area contributed by atoms with Crippen molar-refractivity contribution in [1.29, 1.82) is 0 Å². The van der Waals surface area contributed by atoms with Crippen molar-refractivity contribution < 1.29 is 0 Å². The molecule has 2 N–H and O–H groups in total. The Balaban J connectivity index is 2.09. The number of nitrogens with zero attached hydrogens (tertiary/aromatic N) is 1. The van der Waals surface area contributed by atoms with E-state index in [1.54, 1.807) is 0 Å². The van der Waals surface area contributed by atoms with Crippen LogP contribution in [0.15, 0.2) is 60.7 Å². The molecule has 0 fully saturated rings. The molecule has 2 aromatic rings. The first-order valence-corrected chi connectivity index (χ1v) is 6.33. The highest BCUT2D eigenvalue weighted by Crippen LogP contribution is 2.16. The molecule has 0 bridgehead atoms. The number of hydrogen-bond acceptors (Lipinski definition) is 2. The van der Waals surface area contributed by atoms with Gasteiger partial charge in [-0.1, -0.05) is 48.5 Å². The van der Waals surface area contributed by atoms with E-state index in [1.807, 2.05) is 12.1 Å². The van der Waals surface area contributed by atoms with E-state index in [4.69, 9.17) is 5.73 Å². The van der Waals surface area contributed by atoms with Crippen LogP contribution in [0, 0.1) is 0 Å². The van der Waals surface area contributed by atoms with E-state index in [0.29, 0.717) is 12.6 Å². The molecule has 0 radical (unpaired) electrons. The van der Waals surface area contributed by atoms with Crippen LogP contribution < -0.4 is 10.6 Å². The van der Waals surface area contributed by atoms with Crippen molar-refractivity contribution in [2.45, 2.75) is 12.5 Å². The summed E-state index contributed by atoms with van der Waals surface area (Å²) < 4.78 is 0. The largest absolute Gasteiger partial charge is 0.370 e. The second-order valence-electron chi connectivity index (χ2n) is 4.53. The highest BCUT2D eigenvalue weighted by atomic mass is 15.1. The van der Waals surface area contributed by atoms with Gasteiger partial charge < -0.3 is 10.6 Å². The molecule has 0 amide bonds. The fourth-order valence-electron chi connectivity index (χ4n) is 2.14. The van der Waals surface area contributed by atoms with E-state index in [1.165, 1.54) is 11.3 Å². The standard InChI is InChI=1S/C16H20N2/c1-18(15-10-6-3-7-11-15)16(13-17)12-14-8-4-2-5-9-14/h2-11,16H,12-13,17H2,1H3. The number of nitrogens with two attached hydrogens (primary N) is 1. The normalized spacial score (nSPS) is 12.1. The van der Waals surface area contributed by atoms with Gasteiger partial charge in [-0.2, -0.15) is 0 Å². The van der Waals surface area contributed by atoms with Gasteiger partial charge in [-0.15, -0.1) is 0 Å². The second kappa shape index (κ2) is 6.22. The lowest BCUT2D eigenvalue weighted by molar-refractivity contribution is 0.634. The number of benzene rings is 2. The molecule has 0 spiro atoms. The van der Waals surface area contributed by atoms with Gasteiger partial charge >= 0.3 is 0 Å². The summed E-state index contributed by atoms with van der Waals surface area (Å²) in [6, 6.07) is 21.2. The zero-order chi connectivity index (χ0) is 12.8. The highest BCUT2D eigenvalue weighted by Gasteiger charge is 2.13. The fourth-order valence-corrected chi connectivity index (χ4v) is 2.14. The third kappa shape index (κ3) is 3.11. The fraction of sp³-hybridized carbons (Fsp3) is 0.250. The molecule has 0 aliphatic carbocycles.